The first kappa shape index (κ1) is 12.1. The zero-order chi connectivity index (χ0) is 12.1. The summed E-state index contributed by atoms with van der Waals surface area (Å²) in [5.41, 5.74) is 0. The summed E-state index contributed by atoms with van der Waals surface area (Å²) in [6.07, 6.45) is -0.732. The number of methoxy groups -OCH3 is 2. The first-order chi connectivity index (χ1) is 7.58. The van der Waals surface area contributed by atoms with Crippen molar-refractivity contribution >= 4 is 12.1 Å². The molecule has 1 aromatic rings. The van der Waals surface area contributed by atoms with Crippen molar-refractivity contribution < 1.29 is 23.5 Å². The Kier molecular flexibility index (Phi) is 3.93. The minimum Gasteiger partial charge on any atom is -0.467 e. The number of hydrogen-bond acceptors (Lipinski definition) is 5. The van der Waals surface area contributed by atoms with E-state index in [9.17, 15) is 9.59 Å². The van der Waals surface area contributed by atoms with Crippen molar-refractivity contribution in [3.05, 3.63) is 23.7 Å². The molecule has 1 atom stereocenters. The maximum atomic E-state index is 11.4. The van der Waals surface area contributed by atoms with E-state index in [1.165, 1.54) is 14.2 Å². The number of carbonyl (C=O) groups is 2. The van der Waals surface area contributed by atoms with Gasteiger partial charge in [0.05, 0.1) is 14.2 Å². The molecular weight excluding hydrogens is 214 g/mol. The van der Waals surface area contributed by atoms with Crippen LogP contribution in [0.2, 0.25) is 0 Å². The molecule has 6 nitrogen and oxygen atoms in total. The molecule has 1 aromatic heterocycles. The second-order valence-corrected chi connectivity index (χ2v) is 3.04. The van der Waals surface area contributed by atoms with E-state index in [1.807, 2.05) is 0 Å². The molecule has 0 aromatic carbocycles. The molecule has 0 saturated carbocycles. The van der Waals surface area contributed by atoms with Crippen molar-refractivity contribution in [3.63, 3.8) is 0 Å². The maximum Gasteiger partial charge on any atom is 0.407 e. The predicted molar refractivity (Wildman–Crippen MR) is 53.7 cm³/mol. The summed E-state index contributed by atoms with van der Waals surface area (Å²) in [6.45, 7) is 1.73. The van der Waals surface area contributed by atoms with Crippen LogP contribution in [0.1, 0.15) is 17.6 Å². The third-order valence-electron chi connectivity index (χ3n) is 1.93. The number of ether oxygens (including phenoxy) is 2. The van der Waals surface area contributed by atoms with Crippen LogP contribution in [0.15, 0.2) is 16.5 Å². The lowest BCUT2D eigenvalue weighted by atomic mass is 10.2. The van der Waals surface area contributed by atoms with Crippen LogP contribution in [0.5, 0.6) is 0 Å². The molecule has 0 aliphatic heterocycles. The molecule has 88 valence electrons. The number of hydrogen-bond donors (Lipinski definition) is 1. The molecule has 0 unspecified atom stereocenters. The van der Waals surface area contributed by atoms with E-state index in [4.69, 9.17) is 4.42 Å². The van der Waals surface area contributed by atoms with Crippen molar-refractivity contribution in [2.45, 2.75) is 13.0 Å². The molecule has 0 saturated heterocycles. The molecule has 1 rings (SSSR count). The van der Waals surface area contributed by atoms with Crippen molar-refractivity contribution in [2.24, 2.45) is 0 Å². The Labute approximate surface area is 92.5 Å². The van der Waals surface area contributed by atoms with E-state index in [2.05, 4.69) is 14.8 Å². The molecule has 0 spiro atoms. The summed E-state index contributed by atoms with van der Waals surface area (Å²) >= 11 is 0. The van der Waals surface area contributed by atoms with Crippen LogP contribution in [-0.4, -0.2) is 26.3 Å². The smallest absolute Gasteiger partial charge is 0.407 e. The van der Waals surface area contributed by atoms with Gasteiger partial charge >= 0.3 is 12.1 Å². The van der Waals surface area contributed by atoms with E-state index in [1.54, 1.807) is 19.1 Å². The van der Waals surface area contributed by atoms with Gasteiger partial charge in [0.2, 0.25) is 0 Å². The monoisotopic (exact) mass is 227 g/mol. The lowest BCUT2D eigenvalue weighted by Crippen LogP contribution is -2.34. The SMILES string of the molecule is COC(=O)N[C@@H](C(=O)OC)c1ccc(C)o1. The van der Waals surface area contributed by atoms with Gasteiger partial charge in [-0.25, -0.2) is 9.59 Å². The Morgan fingerprint density at radius 2 is 2.00 bits per heavy atom. The lowest BCUT2D eigenvalue weighted by molar-refractivity contribution is -0.143. The van der Waals surface area contributed by atoms with Gasteiger partial charge in [-0.05, 0) is 19.1 Å². The van der Waals surface area contributed by atoms with Crippen molar-refractivity contribution in [3.8, 4) is 0 Å². The topological polar surface area (TPSA) is 77.8 Å². The second-order valence-electron chi connectivity index (χ2n) is 3.04. The normalized spacial score (nSPS) is 11.7. The number of carbonyl (C=O) groups excluding carboxylic acids is 2. The molecule has 1 heterocycles. The average molecular weight is 227 g/mol. The summed E-state index contributed by atoms with van der Waals surface area (Å²) in [7, 11) is 2.43. The minimum atomic E-state index is -0.994. The quantitative estimate of drug-likeness (QED) is 0.784. The highest BCUT2D eigenvalue weighted by molar-refractivity contribution is 5.81. The van der Waals surface area contributed by atoms with Crippen molar-refractivity contribution in [2.75, 3.05) is 14.2 Å². The fraction of sp³-hybridized carbons (Fsp3) is 0.400. The maximum absolute atomic E-state index is 11.4. The summed E-state index contributed by atoms with van der Waals surface area (Å²) in [6, 6.07) is 2.28. The van der Waals surface area contributed by atoms with Gasteiger partial charge in [0.1, 0.15) is 11.5 Å². The molecule has 16 heavy (non-hydrogen) atoms. The molecule has 6 heteroatoms. The number of aryl methyl sites for hydroxylation is 1. The first-order valence-electron chi connectivity index (χ1n) is 4.57. The zero-order valence-electron chi connectivity index (χ0n) is 9.27. The second kappa shape index (κ2) is 5.20. The largest absolute Gasteiger partial charge is 0.467 e. The fourth-order valence-electron chi connectivity index (χ4n) is 1.15. The zero-order valence-corrected chi connectivity index (χ0v) is 9.27. The Morgan fingerprint density at radius 3 is 2.44 bits per heavy atom. The van der Waals surface area contributed by atoms with Crippen LogP contribution in [0.4, 0.5) is 4.79 Å². The van der Waals surface area contributed by atoms with Gasteiger partial charge in [0.25, 0.3) is 0 Å². The van der Waals surface area contributed by atoms with Crippen LogP contribution in [0.3, 0.4) is 0 Å². The van der Waals surface area contributed by atoms with Gasteiger partial charge in [0, 0.05) is 0 Å². The standard InChI is InChI=1S/C10H13NO5/c1-6-4-5-7(16-6)8(9(12)14-2)11-10(13)15-3/h4-5,8H,1-3H3,(H,11,13)/t8-/m1/s1. The van der Waals surface area contributed by atoms with Crippen LogP contribution >= 0.6 is 0 Å². The van der Waals surface area contributed by atoms with E-state index in [0.29, 0.717) is 11.5 Å². The highest BCUT2D eigenvalue weighted by atomic mass is 16.5. The van der Waals surface area contributed by atoms with E-state index in [-0.39, 0.29) is 0 Å². The molecular formula is C10H13NO5. The molecule has 0 bridgehead atoms. The Balaban J connectivity index is 2.87. The number of amides is 1. The van der Waals surface area contributed by atoms with Gasteiger partial charge in [-0.3, -0.25) is 0 Å². The van der Waals surface area contributed by atoms with Crippen LogP contribution in [0.25, 0.3) is 0 Å². The summed E-state index contributed by atoms with van der Waals surface area (Å²) in [5, 5.41) is 2.32. The Morgan fingerprint density at radius 1 is 1.31 bits per heavy atom. The lowest BCUT2D eigenvalue weighted by Gasteiger charge is -2.13. The molecule has 0 aliphatic carbocycles. The van der Waals surface area contributed by atoms with Gasteiger partial charge in [0.15, 0.2) is 6.04 Å². The Hall–Kier alpha value is -1.98. The van der Waals surface area contributed by atoms with Gasteiger partial charge in [-0.1, -0.05) is 0 Å². The third-order valence-corrected chi connectivity index (χ3v) is 1.93. The minimum absolute atomic E-state index is 0.301. The van der Waals surface area contributed by atoms with Crippen LogP contribution in [0, 0.1) is 6.92 Å². The van der Waals surface area contributed by atoms with E-state index in [0.717, 1.165) is 0 Å². The predicted octanol–water partition coefficient (Wildman–Crippen LogP) is 1.16. The van der Waals surface area contributed by atoms with Gasteiger partial charge in [-0.15, -0.1) is 0 Å². The fourth-order valence-corrected chi connectivity index (χ4v) is 1.15. The average Bonchev–Trinajstić information content (AvgIpc) is 2.71. The highest BCUT2D eigenvalue weighted by Crippen LogP contribution is 2.17. The summed E-state index contributed by atoms with van der Waals surface area (Å²) in [5.74, 6) is 0.310. The molecule has 0 aliphatic rings. The van der Waals surface area contributed by atoms with Gasteiger partial charge in [-0.2, -0.15) is 0 Å². The molecule has 1 N–H and O–H groups in total. The number of esters is 1. The summed E-state index contributed by atoms with van der Waals surface area (Å²) < 4.78 is 14.2. The molecule has 0 fully saturated rings. The van der Waals surface area contributed by atoms with Crippen LogP contribution in [-0.2, 0) is 14.3 Å². The number of furan rings is 1. The molecule has 0 radical (unpaired) electrons. The van der Waals surface area contributed by atoms with Gasteiger partial charge < -0.3 is 19.2 Å². The highest BCUT2D eigenvalue weighted by Gasteiger charge is 2.26. The molecule has 1 amide bonds. The van der Waals surface area contributed by atoms with Crippen LogP contribution < -0.4 is 5.32 Å². The van der Waals surface area contributed by atoms with E-state index >= 15 is 0 Å². The number of alkyl carbamates (subject to hydrolysis) is 1. The summed E-state index contributed by atoms with van der Waals surface area (Å²) in [4.78, 5) is 22.5. The van der Waals surface area contributed by atoms with Crippen molar-refractivity contribution in [1.82, 2.24) is 5.32 Å². The number of nitrogens with one attached hydrogen (secondary N) is 1. The Bertz CT molecular complexity index is 384. The van der Waals surface area contributed by atoms with E-state index < -0.39 is 18.1 Å². The number of rotatable bonds is 3. The van der Waals surface area contributed by atoms with Crippen molar-refractivity contribution in [1.29, 1.82) is 0 Å². The first-order valence-corrected chi connectivity index (χ1v) is 4.57. The third kappa shape index (κ3) is 2.75.